The molecule has 0 amide bonds. The molecule has 0 heterocycles. The minimum atomic E-state index is -0.584. The SMILES string of the molecule is COCCC(C)OC(=O)c1cc(N)cc(F)c1. The van der Waals surface area contributed by atoms with E-state index in [0.29, 0.717) is 13.0 Å². The lowest BCUT2D eigenvalue weighted by Gasteiger charge is -2.12. The minimum Gasteiger partial charge on any atom is -0.459 e. The van der Waals surface area contributed by atoms with Crippen molar-refractivity contribution in [2.45, 2.75) is 19.4 Å². The van der Waals surface area contributed by atoms with Gasteiger partial charge in [0.05, 0.1) is 5.56 Å². The highest BCUT2D eigenvalue weighted by Gasteiger charge is 2.13. The molecule has 0 spiro atoms. The number of rotatable bonds is 5. The van der Waals surface area contributed by atoms with Crippen LogP contribution in [0, 0.1) is 5.82 Å². The summed E-state index contributed by atoms with van der Waals surface area (Å²) in [5.41, 5.74) is 5.75. The fraction of sp³-hybridized carbons (Fsp3) is 0.417. The van der Waals surface area contributed by atoms with Gasteiger partial charge in [0, 0.05) is 25.8 Å². The highest BCUT2D eigenvalue weighted by molar-refractivity contribution is 5.90. The van der Waals surface area contributed by atoms with E-state index in [2.05, 4.69) is 0 Å². The molecule has 0 radical (unpaired) electrons. The Hall–Kier alpha value is -1.62. The molecule has 1 aromatic rings. The summed E-state index contributed by atoms with van der Waals surface area (Å²) < 4.78 is 23.0. The molecule has 1 atom stereocenters. The van der Waals surface area contributed by atoms with Gasteiger partial charge in [-0.25, -0.2) is 9.18 Å². The molecule has 94 valence electrons. The van der Waals surface area contributed by atoms with Crippen LogP contribution in [0.3, 0.4) is 0 Å². The molecule has 0 aliphatic rings. The molecule has 0 aliphatic heterocycles. The zero-order valence-electron chi connectivity index (χ0n) is 9.90. The molecule has 5 heteroatoms. The van der Waals surface area contributed by atoms with Crippen LogP contribution in [0.4, 0.5) is 10.1 Å². The second-order valence-corrected chi connectivity index (χ2v) is 3.77. The van der Waals surface area contributed by atoms with Crippen LogP contribution in [0.1, 0.15) is 23.7 Å². The van der Waals surface area contributed by atoms with Gasteiger partial charge in [-0.3, -0.25) is 0 Å². The Bertz CT molecular complexity index is 375. The molecule has 0 aliphatic carbocycles. The number of esters is 1. The van der Waals surface area contributed by atoms with Crippen LogP contribution in [-0.4, -0.2) is 25.8 Å². The van der Waals surface area contributed by atoms with E-state index < -0.39 is 11.8 Å². The Morgan fingerprint density at radius 1 is 1.47 bits per heavy atom. The molecule has 1 unspecified atom stereocenters. The Labute approximate surface area is 99.5 Å². The van der Waals surface area contributed by atoms with Gasteiger partial charge in [-0.2, -0.15) is 0 Å². The van der Waals surface area contributed by atoms with Gasteiger partial charge < -0.3 is 15.2 Å². The largest absolute Gasteiger partial charge is 0.459 e. The second kappa shape index (κ2) is 6.20. The Morgan fingerprint density at radius 2 is 2.18 bits per heavy atom. The molecule has 0 saturated carbocycles. The average Bonchev–Trinajstić information content (AvgIpc) is 2.25. The van der Waals surface area contributed by atoms with Crippen LogP contribution in [0.2, 0.25) is 0 Å². The lowest BCUT2D eigenvalue weighted by molar-refractivity contribution is 0.0266. The standard InChI is InChI=1S/C12H16FNO3/c1-8(3-4-16-2)17-12(15)9-5-10(13)7-11(14)6-9/h5-8H,3-4,14H2,1-2H3. The monoisotopic (exact) mass is 241 g/mol. The number of ether oxygens (including phenoxy) is 2. The number of carbonyl (C=O) groups is 1. The molecule has 0 aromatic heterocycles. The molecule has 0 bridgehead atoms. The molecule has 1 aromatic carbocycles. The highest BCUT2D eigenvalue weighted by Crippen LogP contribution is 2.13. The summed E-state index contributed by atoms with van der Waals surface area (Å²) in [5, 5.41) is 0. The first-order chi connectivity index (χ1) is 8.02. The molecule has 2 N–H and O–H groups in total. The topological polar surface area (TPSA) is 61.5 Å². The normalized spacial score (nSPS) is 12.2. The molecule has 1 rings (SSSR count). The summed E-state index contributed by atoms with van der Waals surface area (Å²) >= 11 is 0. The van der Waals surface area contributed by atoms with Crippen LogP contribution >= 0.6 is 0 Å². The number of nitrogen functional groups attached to an aromatic ring is 1. The Morgan fingerprint density at radius 3 is 2.76 bits per heavy atom. The quantitative estimate of drug-likeness (QED) is 0.632. The van der Waals surface area contributed by atoms with Crippen molar-refractivity contribution in [3.8, 4) is 0 Å². The van der Waals surface area contributed by atoms with Crippen molar-refractivity contribution in [3.63, 3.8) is 0 Å². The number of carbonyl (C=O) groups excluding carboxylic acids is 1. The van der Waals surface area contributed by atoms with E-state index in [-0.39, 0.29) is 17.4 Å². The van der Waals surface area contributed by atoms with E-state index in [0.717, 1.165) is 12.1 Å². The fourth-order valence-corrected chi connectivity index (χ4v) is 1.32. The molecule has 4 nitrogen and oxygen atoms in total. The number of anilines is 1. The number of halogens is 1. The lowest BCUT2D eigenvalue weighted by Crippen LogP contribution is -2.17. The van der Waals surface area contributed by atoms with Crippen molar-refractivity contribution >= 4 is 11.7 Å². The predicted octanol–water partition coefficient (Wildman–Crippen LogP) is 1.99. The van der Waals surface area contributed by atoms with Crippen LogP contribution in [0.15, 0.2) is 18.2 Å². The summed E-state index contributed by atoms with van der Waals surface area (Å²) in [6.07, 6.45) is 0.305. The van der Waals surface area contributed by atoms with Gasteiger partial charge >= 0.3 is 5.97 Å². The van der Waals surface area contributed by atoms with Gasteiger partial charge in [-0.15, -0.1) is 0 Å². The molecular weight excluding hydrogens is 225 g/mol. The number of hydrogen-bond acceptors (Lipinski definition) is 4. The van der Waals surface area contributed by atoms with Gasteiger partial charge in [-0.05, 0) is 25.1 Å². The minimum absolute atomic E-state index is 0.117. The van der Waals surface area contributed by atoms with E-state index in [9.17, 15) is 9.18 Å². The van der Waals surface area contributed by atoms with Crippen molar-refractivity contribution in [2.24, 2.45) is 0 Å². The smallest absolute Gasteiger partial charge is 0.338 e. The van der Waals surface area contributed by atoms with Crippen molar-refractivity contribution < 1.29 is 18.7 Å². The predicted molar refractivity (Wildman–Crippen MR) is 62.2 cm³/mol. The fourth-order valence-electron chi connectivity index (χ4n) is 1.32. The maximum atomic E-state index is 13.0. The van der Waals surface area contributed by atoms with E-state index in [4.69, 9.17) is 15.2 Å². The summed E-state index contributed by atoms with van der Waals surface area (Å²) in [6.45, 7) is 2.25. The van der Waals surface area contributed by atoms with Gasteiger partial charge in [0.15, 0.2) is 0 Å². The number of methoxy groups -OCH3 is 1. The van der Waals surface area contributed by atoms with Gasteiger partial charge in [-0.1, -0.05) is 0 Å². The molecule has 0 fully saturated rings. The molecule has 0 saturated heterocycles. The van der Waals surface area contributed by atoms with E-state index in [1.807, 2.05) is 0 Å². The first-order valence-corrected chi connectivity index (χ1v) is 5.29. The number of hydrogen-bond donors (Lipinski definition) is 1. The number of benzene rings is 1. The Balaban J connectivity index is 2.63. The van der Waals surface area contributed by atoms with E-state index in [1.54, 1.807) is 14.0 Å². The lowest BCUT2D eigenvalue weighted by atomic mass is 10.2. The van der Waals surface area contributed by atoms with Crippen molar-refractivity contribution in [1.29, 1.82) is 0 Å². The second-order valence-electron chi connectivity index (χ2n) is 3.77. The van der Waals surface area contributed by atoms with Crippen molar-refractivity contribution in [3.05, 3.63) is 29.6 Å². The Kier molecular flexibility index (Phi) is 4.90. The van der Waals surface area contributed by atoms with Gasteiger partial charge in [0.25, 0.3) is 0 Å². The van der Waals surface area contributed by atoms with Gasteiger partial charge in [0.2, 0.25) is 0 Å². The summed E-state index contributed by atoms with van der Waals surface area (Å²) in [6, 6.07) is 3.63. The maximum Gasteiger partial charge on any atom is 0.338 e. The third-order valence-corrected chi connectivity index (χ3v) is 2.19. The molecule has 17 heavy (non-hydrogen) atoms. The third kappa shape index (κ3) is 4.40. The number of nitrogens with two attached hydrogens (primary N) is 1. The van der Waals surface area contributed by atoms with Crippen LogP contribution in [0.25, 0.3) is 0 Å². The van der Waals surface area contributed by atoms with Crippen LogP contribution in [-0.2, 0) is 9.47 Å². The average molecular weight is 241 g/mol. The zero-order chi connectivity index (χ0) is 12.8. The summed E-state index contributed by atoms with van der Waals surface area (Å²) in [7, 11) is 1.57. The molecular formula is C12H16FNO3. The van der Waals surface area contributed by atoms with E-state index in [1.165, 1.54) is 6.07 Å². The summed E-state index contributed by atoms with van der Waals surface area (Å²) in [4.78, 5) is 11.6. The maximum absolute atomic E-state index is 13.0. The zero-order valence-corrected chi connectivity index (χ0v) is 9.90. The first-order valence-electron chi connectivity index (χ1n) is 5.29. The van der Waals surface area contributed by atoms with Crippen LogP contribution in [0.5, 0.6) is 0 Å². The van der Waals surface area contributed by atoms with E-state index >= 15 is 0 Å². The first kappa shape index (κ1) is 13.4. The van der Waals surface area contributed by atoms with Gasteiger partial charge in [0.1, 0.15) is 11.9 Å². The third-order valence-electron chi connectivity index (χ3n) is 2.19. The summed E-state index contributed by atoms with van der Waals surface area (Å²) in [5.74, 6) is -1.14. The van der Waals surface area contributed by atoms with Crippen molar-refractivity contribution in [1.82, 2.24) is 0 Å². The van der Waals surface area contributed by atoms with Crippen molar-refractivity contribution in [2.75, 3.05) is 19.5 Å². The highest BCUT2D eigenvalue weighted by atomic mass is 19.1. The van der Waals surface area contributed by atoms with Crippen LogP contribution < -0.4 is 5.73 Å².